The Kier molecular flexibility index (Phi) is 4.94. The lowest BCUT2D eigenvalue weighted by molar-refractivity contribution is 0.155. The molecule has 1 radical (unpaired) electrons. The lowest BCUT2D eigenvalue weighted by Crippen LogP contribution is -2.31. The van der Waals surface area contributed by atoms with Crippen molar-refractivity contribution < 1.29 is 9.53 Å². The van der Waals surface area contributed by atoms with Gasteiger partial charge in [0.15, 0.2) is 6.23 Å². The summed E-state index contributed by atoms with van der Waals surface area (Å²) < 4.78 is 4.48. The molecule has 0 aliphatic rings. The first-order valence-electron chi connectivity index (χ1n) is 3.43. The second-order valence-corrected chi connectivity index (χ2v) is 2.65. The second-order valence-electron chi connectivity index (χ2n) is 2.65. The van der Waals surface area contributed by atoms with Crippen LogP contribution in [-0.4, -0.2) is 19.2 Å². The first-order valence-corrected chi connectivity index (χ1v) is 3.43. The van der Waals surface area contributed by atoms with Crippen molar-refractivity contribution in [1.29, 1.82) is 0 Å². The molecule has 0 amide bonds. The van der Waals surface area contributed by atoms with Gasteiger partial charge in [-0.05, 0) is 12.8 Å². The SMILES string of the molecule is CC(C)CNC(C)O[C]=O. The Labute approximate surface area is 61.8 Å². The van der Waals surface area contributed by atoms with Gasteiger partial charge in [0.2, 0.25) is 0 Å². The number of hydrogen-bond acceptors (Lipinski definition) is 3. The first-order chi connectivity index (χ1) is 4.66. The van der Waals surface area contributed by atoms with Gasteiger partial charge in [0.1, 0.15) is 0 Å². The first kappa shape index (κ1) is 9.43. The van der Waals surface area contributed by atoms with Gasteiger partial charge in [-0.2, -0.15) is 0 Å². The fourth-order valence-electron chi connectivity index (χ4n) is 0.516. The highest BCUT2D eigenvalue weighted by atomic mass is 16.5. The summed E-state index contributed by atoms with van der Waals surface area (Å²) in [5.74, 6) is 0.567. The van der Waals surface area contributed by atoms with Crippen LogP contribution in [0.25, 0.3) is 0 Å². The molecule has 0 fully saturated rings. The lowest BCUT2D eigenvalue weighted by atomic mass is 10.2. The molecular weight excluding hydrogens is 130 g/mol. The maximum absolute atomic E-state index is 9.67. The lowest BCUT2D eigenvalue weighted by Gasteiger charge is -2.12. The second kappa shape index (κ2) is 5.23. The summed E-state index contributed by atoms with van der Waals surface area (Å²) in [7, 11) is 0. The van der Waals surface area contributed by atoms with Crippen molar-refractivity contribution in [2.75, 3.05) is 6.54 Å². The summed E-state index contributed by atoms with van der Waals surface area (Å²) in [5.41, 5.74) is 0. The van der Waals surface area contributed by atoms with Gasteiger partial charge in [-0.3, -0.25) is 5.32 Å². The third-order valence-electron chi connectivity index (χ3n) is 1.04. The standard InChI is InChI=1S/C7H14NO2/c1-6(2)4-8-7(3)10-5-9/h6-8H,4H2,1-3H3. The summed E-state index contributed by atoms with van der Waals surface area (Å²) in [6, 6.07) is 0. The minimum atomic E-state index is -0.222. The maximum Gasteiger partial charge on any atom is 0.419 e. The van der Waals surface area contributed by atoms with E-state index in [1.54, 1.807) is 6.92 Å². The van der Waals surface area contributed by atoms with Gasteiger partial charge >= 0.3 is 6.47 Å². The number of rotatable bonds is 5. The molecule has 0 rings (SSSR count). The van der Waals surface area contributed by atoms with Crippen LogP contribution >= 0.6 is 0 Å². The van der Waals surface area contributed by atoms with E-state index < -0.39 is 0 Å². The van der Waals surface area contributed by atoms with E-state index in [-0.39, 0.29) is 6.23 Å². The maximum atomic E-state index is 9.67. The van der Waals surface area contributed by atoms with E-state index in [0.29, 0.717) is 5.92 Å². The molecule has 1 atom stereocenters. The molecule has 0 aromatic heterocycles. The summed E-state index contributed by atoms with van der Waals surface area (Å²) in [6.45, 7) is 8.18. The molecule has 0 heterocycles. The monoisotopic (exact) mass is 144 g/mol. The van der Waals surface area contributed by atoms with Crippen molar-refractivity contribution in [3.63, 3.8) is 0 Å². The van der Waals surface area contributed by atoms with Crippen LogP contribution in [0.1, 0.15) is 20.8 Å². The van der Waals surface area contributed by atoms with Gasteiger partial charge in [0.25, 0.3) is 0 Å². The Hall–Kier alpha value is -0.570. The highest BCUT2D eigenvalue weighted by Crippen LogP contribution is 1.89. The van der Waals surface area contributed by atoms with Crippen molar-refractivity contribution in [1.82, 2.24) is 5.32 Å². The number of nitrogens with one attached hydrogen (secondary N) is 1. The zero-order valence-electron chi connectivity index (χ0n) is 6.68. The fourth-order valence-corrected chi connectivity index (χ4v) is 0.516. The summed E-state index contributed by atoms with van der Waals surface area (Å²) in [6.07, 6.45) is -0.222. The summed E-state index contributed by atoms with van der Waals surface area (Å²) >= 11 is 0. The molecule has 1 unspecified atom stereocenters. The van der Waals surface area contributed by atoms with E-state index in [0.717, 1.165) is 6.54 Å². The molecule has 0 aromatic carbocycles. The average molecular weight is 144 g/mol. The molecule has 3 heteroatoms. The van der Waals surface area contributed by atoms with Crippen molar-refractivity contribution in [2.24, 2.45) is 5.92 Å². The van der Waals surface area contributed by atoms with E-state index in [1.165, 1.54) is 6.47 Å². The van der Waals surface area contributed by atoms with Crippen molar-refractivity contribution >= 4 is 6.47 Å². The van der Waals surface area contributed by atoms with Crippen LogP contribution in [0.3, 0.4) is 0 Å². The zero-order valence-corrected chi connectivity index (χ0v) is 6.68. The van der Waals surface area contributed by atoms with Crippen molar-refractivity contribution in [3.05, 3.63) is 0 Å². The number of carbonyl (C=O) groups excluding carboxylic acids is 1. The zero-order chi connectivity index (χ0) is 7.98. The molecule has 0 saturated heterocycles. The molecule has 0 spiro atoms. The molecule has 0 aliphatic heterocycles. The van der Waals surface area contributed by atoms with Crippen molar-refractivity contribution in [3.8, 4) is 0 Å². The van der Waals surface area contributed by atoms with Crippen LogP contribution in [0.15, 0.2) is 0 Å². The van der Waals surface area contributed by atoms with Gasteiger partial charge in [-0.15, -0.1) is 0 Å². The smallest absolute Gasteiger partial charge is 0.419 e. The molecule has 3 nitrogen and oxygen atoms in total. The predicted octanol–water partition coefficient (Wildman–Crippen LogP) is 0.662. The highest BCUT2D eigenvalue weighted by Gasteiger charge is 2.00. The fraction of sp³-hybridized carbons (Fsp3) is 0.857. The van der Waals surface area contributed by atoms with Crippen LogP contribution in [-0.2, 0) is 9.53 Å². The van der Waals surface area contributed by atoms with E-state index in [1.807, 2.05) is 0 Å². The molecule has 0 bridgehead atoms. The molecule has 0 aliphatic carbocycles. The normalized spacial score (nSPS) is 13.2. The predicted molar refractivity (Wildman–Crippen MR) is 39.1 cm³/mol. The van der Waals surface area contributed by atoms with E-state index in [4.69, 9.17) is 0 Å². The number of hydrogen-bond donors (Lipinski definition) is 1. The Bertz CT molecular complexity index is 93.6. The van der Waals surface area contributed by atoms with Crippen LogP contribution in [0, 0.1) is 5.92 Å². The molecule has 0 saturated carbocycles. The molecule has 59 valence electrons. The van der Waals surface area contributed by atoms with Gasteiger partial charge in [0.05, 0.1) is 0 Å². The van der Waals surface area contributed by atoms with E-state index in [9.17, 15) is 4.79 Å². The summed E-state index contributed by atoms with van der Waals surface area (Å²) in [4.78, 5) is 9.67. The molecule has 0 aromatic rings. The highest BCUT2D eigenvalue weighted by molar-refractivity contribution is 5.38. The van der Waals surface area contributed by atoms with Gasteiger partial charge in [-0.1, -0.05) is 13.8 Å². The van der Waals surface area contributed by atoms with Crippen molar-refractivity contribution in [2.45, 2.75) is 27.0 Å². The Balaban J connectivity index is 3.20. The quantitative estimate of drug-likeness (QED) is 0.576. The molecular formula is C7H14NO2. The number of ether oxygens (including phenoxy) is 1. The largest absolute Gasteiger partial charge is 0.438 e. The van der Waals surface area contributed by atoms with Crippen LogP contribution in [0.4, 0.5) is 0 Å². The third-order valence-corrected chi connectivity index (χ3v) is 1.04. The minimum absolute atomic E-state index is 0.222. The van der Waals surface area contributed by atoms with Crippen LogP contribution in [0.2, 0.25) is 0 Å². The Morgan fingerprint density at radius 1 is 1.50 bits per heavy atom. The van der Waals surface area contributed by atoms with Gasteiger partial charge in [0, 0.05) is 6.54 Å². The Morgan fingerprint density at radius 3 is 2.50 bits per heavy atom. The van der Waals surface area contributed by atoms with E-state index in [2.05, 4.69) is 23.9 Å². The van der Waals surface area contributed by atoms with Crippen LogP contribution in [0.5, 0.6) is 0 Å². The topological polar surface area (TPSA) is 38.3 Å². The van der Waals surface area contributed by atoms with Crippen LogP contribution < -0.4 is 5.32 Å². The van der Waals surface area contributed by atoms with Gasteiger partial charge in [-0.25, -0.2) is 4.79 Å². The minimum Gasteiger partial charge on any atom is -0.438 e. The average Bonchev–Trinajstić information content (AvgIpc) is 1.85. The van der Waals surface area contributed by atoms with E-state index >= 15 is 0 Å². The summed E-state index contributed by atoms with van der Waals surface area (Å²) in [5, 5.41) is 3.00. The third kappa shape index (κ3) is 5.56. The van der Waals surface area contributed by atoms with Gasteiger partial charge < -0.3 is 4.74 Å². The molecule has 10 heavy (non-hydrogen) atoms. The molecule has 1 N–H and O–H groups in total. The Morgan fingerprint density at radius 2 is 2.10 bits per heavy atom.